The van der Waals surface area contributed by atoms with Gasteiger partial charge in [0.2, 0.25) is 11.8 Å². The van der Waals surface area contributed by atoms with Crippen molar-refractivity contribution in [3.8, 4) is 17.2 Å². The molecule has 3 aromatic rings. The van der Waals surface area contributed by atoms with Gasteiger partial charge in [0.1, 0.15) is 17.6 Å². The molecule has 0 spiro atoms. The number of aryl methyl sites for hydroxylation is 1. The standard InChI is InChI=1S/C26H30N2O5/c1-4-24(29)27-23(26(30)31-5-2)17-19-11-13-21(14-12-19)32-16-15-22-18(3)33-25(28-22)20-9-7-6-8-10-20/h6-14,23H,4-5,15-17H2,1-3H3,(H,27,29). The Kier molecular flexibility index (Phi) is 8.63. The van der Waals surface area contributed by atoms with Crippen LogP contribution in [-0.4, -0.2) is 36.1 Å². The summed E-state index contributed by atoms with van der Waals surface area (Å²) in [5.74, 6) is 1.49. The van der Waals surface area contributed by atoms with Gasteiger partial charge in [-0.3, -0.25) is 4.79 Å². The first-order valence-corrected chi connectivity index (χ1v) is 11.2. The molecule has 0 aliphatic rings. The average Bonchev–Trinajstić information content (AvgIpc) is 3.20. The summed E-state index contributed by atoms with van der Waals surface area (Å²) in [6.07, 6.45) is 1.28. The smallest absolute Gasteiger partial charge is 0.328 e. The largest absolute Gasteiger partial charge is 0.493 e. The van der Waals surface area contributed by atoms with Crippen molar-refractivity contribution in [2.24, 2.45) is 0 Å². The number of rotatable bonds is 11. The molecule has 1 aromatic heterocycles. The van der Waals surface area contributed by atoms with Crippen molar-refractivity contribution >= 4 is 11.9 Å². The first kappa shape index (κ1) is 24.0. The van der Waals surface area contributed by atoms with Gasteiger partial charge in [0.15, 0.2) is 0 Å². The first-order valence-electron chi connectivity index (χ1n) is 11.2. The normalized spacial score (nSPS) is 11.6. The van der Waals surface area contributed by atoms with Crippen LogP contribution in [0.25, 0.3) is 11.5 Å². The molecular weight excluding hydrogens is 420 g/mol. The topological polar surface area (TPSA) is 90.7 Å². The fourth-order valence-electron chi connectivity index (χ4n) is 3.32. The van der Waals surface area contributed by atoms with E-state index >= 15 is 0 Å². The molecule has 2 aromatic carbocycles. The molecule has 0 aliphatic heterocycles. The number of hydrogen-bond acceptors (Lipinski definition) is 6. The lowest BCUT2D eigenvalue weighted by Crippen LogP contribution is -2.43. The van der Waals surface area contributed by atoms with Gasteiger partial charge in [-0.15, -0.1) is 0 Å². The van der Waals surface area contributed by atoms with Crippen LogP contribution >= 0.6 is 0 Å². The Labute approximate surface area is 194 Å². The molecule has 0 aliphatic carbocycles. The highest BCUT2D eigenvalue weighted by molar-refractivity contribution is 5.84. The number of ether oxygens (including phenoxy) is 2. The molecule has 1 unspecified atom stereocenters. The van der Waals surface area contributed by atoms with Crippen LogP contribution in [0.4, 0.5) is 0 Å². The molecule has 1 N–H and O–H groups in total. The number of aromatic nitrogens is 1. The quantitative estimate of drug-likeness (QED) is 0.439. The molecule has 0 radical (unpaired) electrons. The lowest BCUT2D eigenvalue weighted by Gasteiger charge is -2.17. The molecule has 0 fully saturated rings. The fourth-order valence-corrected chi connectivity index (χ4v) is 3.32. The van der Waals surface area contributed by atoms with E-state index in [0.717, 1.165) is 22.6 Å². The second-order valence-corrected chi connectivity index (χ2v) is 7.56. The second-order valence-electron chi connectivity index (χ2n) is 7.56. The molecule has 174 valence electrons. The van der Waals surface area contributed by atoms with Crippen molar-refractivity contribution in [2.75, 3.05) is 13.2 Å². The highest BCUT2D eigenvalue weighted by Crippen LogP contribution is 2.22. The summed E-state index contributed by atoms with van der Waals surface area (Å²) < 4.78 is 16.7. The van der Waals surface area contributed by atoms with E-state index in [1.807, 2.05) is 61.5 Å². The van der Waals surface area contributed by atoms with E-state index in [1.54, 1.807) is 13.8 Å². The van der Waals surface area contributed by atoms with E-state index in [4.69, 9.17) is 13.9 Å². The number of oxazole rings is 1. The van der Waals surface area contributed by atoms with Gasteiger partial charge >= 0.3 is 5.97 Å². The van der Waals surface area contributed by atoms with Gasteiger partial charge in [0.25, 0.3) is 0 Å². The Balaban J connectivity index is 1.54. The lowest BCUT2D eigenvalue weighted by atomic mass is 10.1. The number of carbonyl (C=O) groups excluding carboxylic acids is 2. The zero-order valence-corrected chi connectivity index (χ0v) is 19.3. The third kappa shape index (κ3) is 6.94. The molecule has 1 amide bonds. The zero-order chi connectivity index (χ0) is 23.6. The Hall–Kier alpha value is -3.61. The van der Waals surface area contributed by atoms with Gasteiger partial charge in [-0.05, 0) is 43.7 Å². The predicted molar refractivity (Wildman–Crippen MR) is 125 cm³/mol. The molecule has 0 saturated carbocycles. The number of nitrogens with one attached hydrogen (secondary N) is 1. The second kappa shape index (κ2) is 11.9. The third-order valence-electron chi connectivity index (χ3n) is 5.11. The van der Waals surface area contributed by atoms with Crippen LogP contribution in [-0.2, 0) is 27.2 Å². The molecule has 3 rings (SSSR count). The minimum absolute atomic E-state index is 0.188. The van der Waals surface area contributed by atoms with Gasteiger partial charge in [-0.25, -0.2) is 9.78 Å². The monoisotopic (exact) mass is 450 g/mol. The maximum Gasteiger partial charge on any atom is 0.328 e. The van der Waals surface area contributed by atoms with Crippen molar-refractivity contribution in [1.82, 2.24) is 10.3 Å². The molecule has 0 bridgehead atoms. The van der Waals surface area contributed by atoms with E-state index in [9.17, 15) is 9.59 Å². The van der Waals surface area contributed by atoms with E-state index in [0.29, 0.717) is 37.5 Å². The van der Waals surface area contributed by atoms with Crippen molar-refractivity contribution in [3.05, 3.63) is 71.6 Å². The van der Waals surface area contributed by atoms with Gasteiger partial charge in [0.05, 0.1) is 18.9 Å². The number of carbonyl (C=O) groups is 2. The van der Waals surface area contributed by atoms with Crippen molar-refractivity contribution in [3.63, 3.8) is 0 Å². The van der Waals surface area contributed by atoms with Gasteiger partial charge < -0.3 is 19.2 Å². The molecular formula is C26H30N2O5. The van der Waals surface area contributed by atoms with E-state index < -0.39 is 12.0 Å². The molecule has 1 heterocycles. The van der Waals surface area contributed by atoms with Crippen molar-refractivity contribution < 1.29 is 23.5 Å². The zero-order valence-electron chi connectivity index (χ0n) is 19.3. The van der Waals surface area contributed by atoms with Gasteiger partial charge in [-0.1, -0.05) is 37.3 Å². The first-order chi connectivity index (χ1) is 16.0. The predicted octanol–water partition coefficient (Wildman–Crippen LogP) is 4.27. The van der Waals surface area contributed by atoms with Crippen LogP contribution in [0.2, 0.25) is 0 Å². The number of nitrogens with zero attached hydrogens (tertiary/aromatic N) is 1. The van der Waals surface area contributed by atoms with Crippen LogP contribution in [0.5, 0.6) is 5.75 Å². The summed E-state index contributed by atoms with van der Waals surface area (Å²) >= 11 is 0. The summed E-state index contributed by atoms with van der Waals surface area (Å²) in [5, 5.41) is 2.73. The van der Waals surface area contributed by atoms with Crippen LogP contribution in [0.3, 0.4) is 0 Å². The lowest BCUT2D eigenvalue weighted by molar-refractivity contribution is -0.147. The van der Waals surface area contributed by atoms with Crippen LogP contribution in [0, 0.1) is 6.92 Å². The van der Waals surface area contributed by atoms with E-state index in [1.165, 1.54) is 0 Å². The molecule has 7 heteroatoms. The highest BCUT2D eigenvalue weighted by Gasteiger charge is 2.22. The SMILES string of the molecule is CCOC(=O)C(Cc1ccc(OCCc2nc(-c3ccccc3)oc2C)cc1)NC(=O)CC. The molecule has 33 heavy (non-hydrogen) atoms. The highest BCUT2D eigenvalue weighted by atomic mass is 16.5. The van der Waals surface area contributed by atoms with Crippen LogP contribution < -0.4 is 10.1 Å². The minimum Gasteiger partial charge on any atom is -0.493 e. The summed E-state index contributed by atoms with van der Waals surface area (Å²) in [5.41, 5.74) is 2.71. The Morgan fingerprint density at radius 1 is 1.06 bits per heavy atom. The summed E-state index contributed by atoms with van der Waals surface area (Å²) in [6.45, 7) is 6.11. The fraction of sp³-hybridized carbons (Fsp3) is 0.346. The maximum absolute atomic E-state index is 12.2. The molecule has 1 atom stereocenters. The third-order valence-corrected chi connectivity index (χ3v) is 5.11. The Morgan fingerprint density at radius 3 is 2.45 bits per heavy atom. The number of hydrogen-bond donors (Lipinski definition) is 1. The number of esters is 1. The van der Waals surface area contributed by atoms with Gasteiger partial charge in [0, 0.05) is 24.8 Å². The minimum atomic E-state index is -0.710. The van der Waals surface area contributed by atoms with Crippen LogP contribution in [0.15, 0.2) is 59.0 Å². The van der Waals surface area contributed by atoms with Crippen molar-refractivity contribution in [2.45, 2.75) is 46.1 Å². The molecule has 7 nitrogen and oxygen atoms in total. The Bertz CT molecular complexity index is 1040. The van der Waals surface area contributed by atoms with Crippen LogP contribution in [0.1, 0.15) is 37.3 Å². The summed E-state index contributed by atoms with van der Waals surface area (Å²) in [6, 6.07) is 16.6. The maximum atomic E-state index is 12.2. The number of benzene rings is 2. The Morgan fingerprint density at radius 2 is 1.79 bits per heavy atom. The number of amides is 1. The molecule has 0 saturated heterocycles. The van der Waals surface area contributed by atoms with Crippen molar-refractivity contribution in [1.29, 1.82) is 0 Å². The summed E-state index contributed by atoms with van der Waals surface area (Å²) in [7, 11) is 0. The van der Waals surface area contributed by atoms with E-state index in [2.05, 4.69) is 10.3 Å². The van der Waals surface area contributed by atoms with E-state index in [-0.39, 0.29) is 12.5 Å². The summed E-state index contributed by atoms with van der Waals surface area (Å²) in [4.78, 5) is 28.5. The van der Waals surface area contributed by atoms with Gasteiger partial charge in [-0.2, -0.15) is 0 Å². The average molecular weight is 451 g/mol.